The first-order chi connectivity index (χ1) is 9.22. The van der Waals surface area contributed by atoms with Crippen LogP contribution >= 0.6 is 11.6 Å². The molecular weight excluding hydrogens is 260 g/mol. The van der Waals surface area contributed by atoms with Crippen LogP contribution in [0.5, 0.6) is 0 Å². The van der Waals surface area contributed by atoms with Crippen LogP contribution in [-0.4, -0.2) is 36.0 Å². The molecule has 0 radical (unpaired) electrons. The van der Waals surface area contributed by atoms with Crippen LogP contribution in [0.2, 0.25) is 5.02 Å². The highest BCUT2D eigenvalue weighted by Crippen LogP contribution is 2.22. The molecule has 0 aliphatic carbocycles. The lowest BCUT2D eigenvalue weighted by molar-refractivity contribution is 0.653. The van der Waals surface area contributed by atoms with E-state index in [1.54, 1.807) is 0 Å². The van der Waals surface area contributed by atoms with Gasteiger partial charge in [0.15, 0.2) is 0 Å². The average Bonchev–Trinajstić information content (AvgIpc) is 2.86. The number of aryl methyl sites for hydroxylation is 1. The van der Waals surface area contributed by atoms with Crippen LogP contribution < -0.4 is 9.80 Å². The Kier molecular flexibility index (Phi) is 3.34. The van der Waals surface area contributed by atoms with E-state index in [2.05, 4.69) is 27.2 Å². The van der Waals surface area contributed by atoms with Gasteiger partial charge >= 0.3 is 0 Å². The van der Waals surface area contributed by atoms with Gasteiger partial charge in [-0.1, -0.05) is 17.7 Å². The van der Waals surface area contributed by atoms with Crippen LogP contribution in [0.1, 0.15) is 0 Å². The SMILES string of the molecule is Cn1cc(N2CCN(c3cccc(Cl)c3)CC2)cn1. The van der Waals surface area contributed by atoms with Gasteiger partial charge < -0.3 is 9.80 Å². The van der Waals surface area contributed by atoms with Crippen LogP contribution in [0.4, 0.5) is 11.4 Å². The molecule has 1 aromatic heterocycles. The Morgan fingerprint density at radius 1 is 1.05 bits per heavy atom. The van der Waals surface area contributed by atoms with Crippen molar-refractivity contribution < 1.29 is 0 Å². The number of hydrogen-bond acceptors (Lipinski definition) is 3. The summed E-state index contributed by atoms with van der Waals surface area (Å²) in [4.78, 5) is 4.74. The summed E-state index contributed by atoms with van der Waals surface area (Å²) < 4.78 is 1.85. The van der Waals surface area contributed by atoms with Gasteiger partial charge in [0, 0.05) is 50.1 Å². The largest absolute Gasteiger partial charge is 0.368 e. The number of aromatic nitrogens is 2. The molecule has 1 aliphatic rings. The predicted octanol–water partition coefficient (Wildman–Crippen LogP) is 2.40. The molecule has 2 heterocycles. The van der Waals surface area contributed by atoms with Crippen molar-refractivity contribution in [1.29, 1.82) is 0 Å². The number of hydrogen-bond donors (Lipinski definition) is 0. The van der Waals surface area contributed by atoms with Gasteiger partial charge in [-0.3, -0.25) is 4.68 Å². The number of benzene rings is 1. The molecule has 100 valence electrons. The number of nitrogens with zero attached hydrogens (tertiary/aromatic N) is 4. The van der Waals surface area contributed by atoms with Gasteiger partial charge in [-0.05, 0) is 18.2 Å². The normalized spacial score (nSPS) is 15.9. The summed E-state index contributed by atoms with van der Waals surface area (Å²) in [6.07, 6.45) is 3.99. The van der Waals surface area contributed by atoms with E-state index in [0.29, 0.717) is 0 Å². The molecule has 2 aromatic rings. The van der Waals surface area contributed by atoms with E-state index in [4.69, 9.17) is 11.6 Å². The Bertz CT molecular complexity index is 558. The highest BCUT2D eigenvalue weighted by molar-refractivity contribution is 6.30. The number of rotatable bonds is 2. The van der Waals surface area contributed by atoms with Gasteiger partial charge in [-0.2, -0.15) is 5.10 Å². The fourth-order valence-electron chi connectivity index (χ4n) is 2.47. The first-order valence-corrected chi connectivity index (χ1v) is 6.84. The topological polar surface area (TPSA) is 24.3 Å². The molecule has 1 fully saturated rings. The molecule has 1 aromatic carbocycles. The van der Waals surface area contributed by atoms with Crippen molar-refractivity contribution in [3.8, 4) is 0 Å². The van der Waals surface area contributed by atoms with Gasteiger partial charge in [0.2, 0.25) is 0 Å². The third kappa shape index (κ3) is 2.68. The maximum absolute atomic E-state index is 6.04. The lowest BCUT2D eigenvalue weighted by Crippen LogP contribution is -2.46. The molecule has 0 saturated carbocycles. The molecule has 0 atom stereocenters. The van der Waals surface area contributed by atoms with E-state index in [1.165, 1.54) is 11.4 Å². The van der Waals surface area contributed by atoms with Gasteiger partial charge in [-0.15, -0.1) is 0 Å². The second-order valence-corrected chi connectivity index (χ2v) is 5.26. The molecule has 0 N–H and O–H groups in total. The molecule has 1 saturated heterocycles. The number of anilines is 2. The van der Waals surface area contributed by atoms with E-state index in [1.807, 2.05) is 36.1 Å². The summed E-state index contributed by atoms with van der Waals surface area (Å²) >= 11 is 6.04. The Labute approximate surface area is 118 Å². The average molecular weight is 277 g/mol. The zero-order chi connectivity index (χ0) is 13.2. The van der Waals surface area contributed by atoms with Crippen molar-refractivity contribution in [3.05, 3.63) is 41.7 Å². The third-order valence-corrected chi connectivity index (χ3v) is 3.74. The monoisotopic (exact) mass is 276 g/mol. The van der Waals surface area contributed by atoms with E-state index in [0.717, 1.165) is 31.2 Å². The van der Waals surface area contributed by atoms with E-state index < -0.39 is 0 Å². The quantitative estimate of drug-likeness (QED) is 0.842. The Balaban J connectivity index is 1.66. The fraction of sp³-hybridized carbons (Fsp3) is 0.357. The molecule has 0 unspecified atom stereocenters. The standard InChI is InChI=1S/C14H17ClN4/c1-17-11-14(10-16-17)19-7-5-18(6-8-19)13-4-2-3-12(15)9-13/h2-4,9-11H,5-8H2,1H3. The highest BCUT2D eigenvalue weighted by Gasteiger charge is 2.18. The molecule has 0 spiro atoms. The molecule has 4 nitrogen and oxygen atoms in total. The lowest BCUT2D eigenvalue weighted by Gasteiger charge is -2.36. The summed E-state index contributed by atoms with van der Waals surface area (Å²) in [6.45, 7) is 4.04. The maximum Gasteiger partial charge on any atom is 0.0753 e. The minimum atomic E-state index is 0.798. The van der Waals surface area contributed by atoms with E-state index in [-0.39, 0.29) is 0 Å². The lowest BCUT2D eigenvalue weighted by atomic mass is 10.2. The third-order valence-electron chi connectivity index (χ3n) is 3.51. The maximum atomic E-state index is 6.04. The van der Waals surface area contributed by atoms with Gasteiger partial charge in [0.05, 0.1) is 11.9 Å². The van der Waals surface area contributed by atoms with Crippen LogP contribution in [0.25, 0.3) is 0 Å². The molecule has 0 bridgehead atoms. The predicted molar refractivity (Wildman–Crippen MR) is 79.1 cm³/mol. The Morgan fingerprint density at radius 3 is 2.32 bits per heavy atom. The number of halogens is 1. The summed E-state index contributed by atoms with van der Waals surface area (Å²) in [5.41, 5.74) is 2.41. The Hall–Kier alpha value is -1.68. The first kappa shape index (κ1) is 12.4. The smallest absolute Gasteiger partial charge is 0.0753 e. The first-order valence-electron chi connectivity index (χ1n) is 6.46. The molecule has 5 heteroatoms. The van der Waals surface area contributed by atoms with Gasteiger partial charge in [0.1, 0.15) is 0 Å². The summed E-state index contributed by atoms with van der Waals surface area (Å²) in [5.74, 6) is 0. The van der Waals surface area contributed by atoms with Crippen molar-refractivity contribution in [2.24, 2.45) is 7.05 Å². The zero-order valence-corrected chi connectivity index (χ0v) is 11.7. The van der Waals surface area contributed by atoms with Crippen molar-refractivity contribution in [2.75, 3.05) is 36.0 Å². The fourth-order valence-corrected chi connectivity index (χ4v) is 2.65. The molecular formula is C14H17ClN4. The minimum Gasteiger partial charge on any atom is -0.368 e. The summed E-state index contributed by atoms with van der Waals surface area (Å²) in [5, 5.41) is 5.02. The van der Waals surface area contributed by atoms with Crippen molar-refractivity contribution in [2.45, 2.75) is 0 Å². The van der Waals surface area contributed by atoms with Crippen molar-refractivity contribution in [1.82, 2.24) is 9.78 Å². The van der Waals surface area contributed by atoms with Crippen molar-refractivity contribution in [3.63, 3.8) is 0 Å². The molecule has 19 heavy (non-hydrogen) atoms. The Morgan fingerprint density at radius 2 is 1.74 bits per heavy atom. The van der Waals surface area contributed by atoms with Crippen LogP contribution in [0.15, 0.2) is 36.7 Å². The van der Waals surface area contributed by atoms with Crippen LogP contribution in [-0.2, 0) is 7.05 Å². The minimum absolute atomic E-state index is 0.798. The number of piperazine rings is 1. The van der Waals surface area contributed by atoms with E-state index in [9.17, 15) is 0 Å². The summed E-state index contributed by atoms with van der Waals surface area (Å²) in [7, 11) is 1.95. The second-order valence-electron chi connectivity index (χ2n) is 4.83. The van der Waals surface area contributed by atoms with Crippen LogP contribution in [0.3, 0.4) is 0 Å². The highest BCUT2D eigenvalue weighted by atomic mass is 35.5. The van der Waals surface area contributed by atoms with E-state index >= 15 is 0 Å². The van der Waals surface area contributed by atoms with Crippen molar-refractivity contribution >= 4 is 23.0 Å². The summed E-state index contributed by atoms with van der Waals surface area (Å²) in [6, 6.07) is 8.06. The van der Waals surface area contributed by atoms with Crippen LogP contribution in [0, 0.1) is 0 Å². The second kappa shape index (κ2) is 5.13. The molecule has 1 aliphatic heterocycles. The van der Waals surface area contributed by atoms with Gasteiger partial charge in [-0.25, -0.2) is 0 Å². The molecule has 0 amide bonds. The zero-order valence-electron chi connectivity index (χ0n) is 11.0. The molecule has 3 rings (SSSR count). The van der Waals surface area contributed by atoms with Gasteiger partial charge in [0.25, 0.3) is 0 Å².